The Morgan fingerprint density at radius 2 is 2.15 bits per heavy atom. The van der Waals surface area contributed by atoms with Crippen LogP contribution in [0.4, 0.5) is 5.69 Å². The molecule has 1 aliphatic rings. The Morgan fingerprint density at radius 3 is 2.80 bits per heavy atom. The lowest BCUT2D eigenvalue weighted by atomic mass is 10.00. The van der Waals surface area contributed by atoms with Gasteiger partial charge < -0.3 is 15.4 Å². The Kier molecular flexibility index (Phi) is 4.65. The molecule has 0 saturated carbocycles. The first-order chi connectivity index (χ1) is 9.54. The van der Waals surface area contributed by atoms with Gasteiger partial charge in [-0.3, -0.25) is 4.79 Å². The van der Waals surface area contributed by atoms with Crippen molar-refractivity contribution in [3.8, 4) is 5.75 Å². The molecule has 110 valence electrons. The fourth-order valence-corrected chi connectivity index (χ4v) is 2.58. The molecule has 0 saturated heterocycles. The fraction of sp³-hybridized carbons (Fsp3) is 0.562. The largest absolute Gasteiger partial charge is 0.482 e. The summed E-state index contributed by atoms with van der Waals surface area (Å²) in [6, 6.07) is 6.08. The average Bonchev–Trinajstić information content (AvgIpc) is 2.43. The molecule has 1 aromatic carbocycles. The molecule has 0 bridgehead atoms. The van der Waals surface area contributed by atoms with Crippen molar-refractivity contribution in [2.24, 2.45) is 5.73 Å². The van der Waals surface area contributed by atoms with Crippen molar-refractivity contribution >= 4 is 11.6 Å². The molecule has 1 aliphatic heterocycles. The number of amides is 1. The summed E-state index contributed by atoms with van der Waals surface area (Å²) in [5, 5.41) is 0. The van der Waals surface area contributed by atoms with E-state index in [0.717, 1.165) is 36.3 Å². The summed E-state index contributed by atoms with van der Waals surface area (Å²) in [6.07, 6.45) is 3.21. The molecule has 1 unspecified atom stereocenters. The number of benzene rings is 1. The van der Waals surface area contributed by atoms with E-state index in [1.54, 1.807) is 4.90 Å². The first kappa shape index (κ1) is 14.9. The number of carbonyl (C=O) groups excluding carboxylic acids is 1. The van der Waals surface area contributed by atoms with E-state index >= 15 is 0 Å². The second-order valence-electron chi connectivity index (χ2n) is 5.62. The molecule has 2 rings (SSSR count). The van der Waals surface area contributed by atoms with Crippen LogP contribution in [0.5, 0.6) is 5.75 Å². The van der Waals surface area contributed by atoms with Gasteiger partial charge >= 0.3 is 0 Å². The quantitative estimate of drug-likeness (QED) is 0.899. The highest BCUT2D eigenvalue weighted by molar-refractivity contribution is 5.98. The summed E-state index contributed by atoms with van der Waals surface area (Å²) in [5.41, 5.74) is 8.14. The van der Waals surface area contributed by atoms with Gasteiger partial charge in [-0.1, -0.05) is 25.8 Å². The van der Waals surface area contributed by atoms with Crippen LogP contribution in [-0.4, -0.2) is 18.6 Å². The molecule has 0 spiro atoms. The molecule has 1 amide bonds. The Hall–Kier alpha value is -1.55. The third-order valence-corrected chi connectivity index (χ3v) is 3.68. The maximum absolute atomic E-state index is 12.0. The zero-order valence-electron chi connectivity index (χ0n) is 12.6. The predicted molar refractivity (Wildman–Crippen MR) is 81.0 cm³/mol. The third-order valence-electron chi connectivity index (χ3n) is 3.68. The maximum atomic E-state index is 12.0. The van der Waals surface area contributed by atoms with Gasteiger partial charge in [0.1, 0.15) is 5.75 Å². The van der Waals surface area contributed by atoms with Crippen LogP contribution < -0.4 is 15.4 Å². The van der Waals surface area contributed by atoms with E-state index in [9.17, 15) is 4.79 Å². The molecular formula is C16H24N2O2. The van der Waals surface area contributed by atoms with Crippen LogP contribution in [0.1, 0.15) is 51.6 Å². The molecule has 2 N–H and O–H groups in total. The first-order valence-electron chi connectivity index (χ1n) is 7.39. The normalized spacial score (nSPS) is 16.1. The van der Waals surface area contributed by atoms with Crippen molar-refractivity contribution < 1.29 is 9.53 Å². The van der Waals surface area contributed by atoms with Gasteiger partial charge in [-0.2, -0.15) is 0 Å². The predicted octanol–water partition coefficient (Wildman–Crippen LogP) is 3.01. The number of anilines is 1. The number of rotatable bonds is 5. The Balaban J connectivity index is 2.30. The van der Waals surface area contributed by atoms with Gasteiger partial charge in [0.2, 0.25) is 0 Å². The summed E-state index contributed by atoms with van der Waals surface area (Å²) in [6.45, 7) is 6.30. The van der Waals surface area contributed by atoms with Gasteiger partial charge in [0.25, 0.3) is 5.91 Å². The second kappa shape index (κ2) is 6.27. The van der Waals surface area contributed by atoms with Gasteiger partial charge in [0, 0.05) is 12.1 Å². The molecule has 1 aromatic rings. The van der Waals surface area contributed by atoms with Crippen LogP contribution in [0.25, 0.3) is 0 Å². The summed E-state index contributed by atoms with van der Waals surface area (Å²) in [4.78, 5) is 13.8. The van der Waals surface area contributed by atoms with Crippen molar-refractivity contribution in [2.75, 3.05) is 11.5 Å². The molecule has 4 heteroatoms. The van der Waals surface area contributed by atoms with Crippen LogP contribution >= 0.6 is 0 Å². The SMILES string of the molecule is CCCCC(N)c1ccc2c(c1)N(C(C)C)C(=O)CO2. The number of unbranched alkanes of at least 4 members (excludes halogenated alkanes) is 1. The number of hydrogen-bond donors (Lipinski definition) is 1. The van der Waals surface area contributed by atoms with Crippen LogP contribution in [0.2, 0.25) is 0 Å². The van der Waals surface area contributed by atoms with E-state index < -0.39 is 0 Å². The lowest BCUT2D eigenvalue weighted by Crippen LogP contribution is -2.43. The monoisotopic (exact) mass is 276 g/mol. The number of nitrogens with zero attached hydrogens (tertiary/aromatic N) is 1. The molecule has 0 radical (unpaired) electrons. The van der Waals surface area contributed by atoms with Gasteiger partial charge in [-0.15, -0.1) is 0 Å². The maximum Gasteiger partial charge on any atom is 0.265 e. The lowest BCUT2D eigenvalue weighted by Gasteiger charge is -2.33. The van der Waals surface area contributed by atoms with E-state index in [1.165, 1.54) is 0 Å². The summed E-state index contributed by atoms with van der Waals surface area (Å²) >= 11 is 0. The standard InChI is InChI=1S/C16H24N2O2/c1-4-5-6-13(17)12-7-8-15-14(9-12)18(11(2)3)16(19)10-20-15/h7-9,11,13H,4-6,10,17H2,1-3H3. The van der Waals surface area contributed by atoms with E-state index in [0.29, 0.717) is 0 Å². The smallest absolute Gasteiger partial charge is 0.265 e. The van der Waals surface area contributed by atoms with Crippen LogP contribution in [0.3, 0.4) is 0 Å². The van der Waals surface area contributed by atoms with Gasteiger partial charge in [0.05, 0.1) is 5.69 Å². The molecule has 20 heavy (non-hydrogen) atoms. The minimum Gasteiger partial charge on any atom is -0.482 e. The Labute approximate surface area is 120 Å². The first-order valence-corrected chi connectivity index (χ1v) is 7.39. The minimum atomic E-state index is 0.00628. The summed E-state index contributed by atoms with van der Waals surface area (Å²) in [5.74, 6) is 0.775. The number of carbonyl (C=O) groups is 1. The van der Waals surface area contributed by atoms with E-state index in [2.05, 4.69) is 6.92 Å². The number of nitrogens with two attached hydrogens (primary N) is 1. The van der Waals surface area contributed by atoms with E-state index in [1.807, 2.05) is 32.0 Å². The van der Waals surface area contributed by atoms with Crippen molar-refractivity contribution in [3.05, 3.63) is 23.8 Å². The second-order valence-corrected chi connectivity index (χ2v) is 5.62. The van der Waals surface area contributed by atoms with Gasteiger partial charge in [-0.05, 0) is 38.0 Å². The lowest BCUT2D eigenvalue weighted by molar-refractivity contribution is -0.121. The van der Waals surface area contributed by atoms with Crippen molar-refractivity contribution in [1.29, 1.82) is 0 Å². The zero-order chi connectivity index (χ0) is 14.7. The third kappa shape index (κ3) is 2.96. The Bertz CT molecular complexity index is 485. The number of ether oxygens (including phenoxy) is 1. The topological polar surface area (TPSA) is 55.6 Å². The van der Waals surface area contributed by atoms with Crippen molar-refractivity contribution in [1.82, 2.24) is 0 Å². The van der Waals surface area contributed by atoms with Gasteiger partial charge in [-0.25, -0.2) is 0 Å². The number of fused-ring (bicyclic) bond motifs is 1. The molecular weight excluding hydrogens is 252 g/mol. The molecule has 0 aromatic heterocycles. The van der Waals surface area contributed by atoms with Crippen molar-refractivity contribution in [2.45, 2.75) is 52.1 Å². The summed E-state index contributed by atoms with van der Waals surface area (Å²) in [7, 11) is 0. The molecule has 0 aliphatic carbocycles. The van der Waals surface area contributed by atoms with E-state index in [-0.39, 0.29) is 24.6 Å². The van der Waals surface area contributed by atoms with E-state index in [4.69, 9.17) is 10.5 Å². The highest BCUT2D eigenvalue weighted by Gasteiger charge is 2.28. The fourth-order valence-electron chi connectivity index (χ4n) is 2.58. The molecule has 1 heterocycles. The summed E-state index contributed by atoms with van der Waals surface area (Å²) < 4.78 is 5.50. The van der Waals surface area contributed by atoms with Crippen LogP contribution in [0.15, 0.2) is 18.2 Å². The molecule has 1 atom stereocenters. The van der Waals surface area contributed by atoms with Crippen LogP contribution in [-0.2, 0) is 4.79 Å². The average molecular weight is 276 g/mol. The van der Waals surface area contributed by atoms with Crippen LogP contribution in [0, 0.1) is 0 Å². The van der Waals surface area contributed by atoms with Crippen molar-refractivity contribution in [3.63, 3.8) is 0 Å². The number of hydrogen-bond acceptors (Lipinski definition) is 3. The van der Waals surface area contributed by atoms with Gasteiger partial charge in [0.15, 0.2) is 6.61 Å². The Morgan fingerprint density at radius 1 is 1.40 bits per heavy atom. The molecule has 4 nitrogen and oxygen atoms in total. The highest BCUT2D eigenvalue weighted by Crippen LogP contribution is 2.35. The molecule has 0 fully saturated rings. The minimum absolute atomic E-state index is 0.00628. The highest BCUT2D eigenvalue weighted by atomic mass is 16.5. The zero-order valence-corrected chi connectivity index (χ0v) is 12.6.